The Kier molecular flexibility index (Phi) is 4.59. The van der Waals surface area contributed by atoms with E-state index in [-0.39, 0.29) is 11.3 Å². The quantitative estimate of drug-likeness (QED) is 0.767. The minimum atomic E-state index is -0.824. The maximum absolute atomic E-state index is 14.0. The predicted octanol–water partition coefficient (Wildman–Crippen LogP) is 4.30. The summed E-state index contributed by atoms with van der Waals surface area (Å²) in [5.41, 5.74) is 0.245. The van der Waals surface area contributed by atoms with E-state index in [2.05, 4.69) is 6.92 Å². The van der Waals surface area contributed by atoms with Crippen LogP contribution in [0.25, 0.3) is 0 Å². The van der Waals surface area contributed by atoms with Crippen LogP contribution in [-0.4, -0.2) is 18.0 Å². The first kappa shape index (κ1) is 15.2. The molecule has 2 nitrogen and oxygen atoms in total. The zero-order valence-corrected chi connectivity index (χ0v) is 12.5. The fourth-order valence-corrected chi connectivity index (χ4v) is 3.00. The molecule has 1 aliphatic carbocycles. The zero-order valence-electron chi connectivity index (χ0n) is 12.5. The van der Waals surface area contributed by atoms with Crippen molar-refractivity contribution in [1.82, 2.24) is 0 Å². The van der Waals surface area contributed by atoms with Crippen LogP contribution in [0.3, 0.4) is 0 Å². The van der Waals surface area contributed by atoms with Gasteiger partial charge in [-0.2, -0.15) is 0 Å². The lowest BCUT2D eigenvalue weighted by Gasteiger charge is -2.38. The molecule has 1 fully saturated rings. The van der Waals surface area contributed by atoms with Crippen LogP contribution in [0.4, 0.5) is 4.39 Å². The lowest BCUT2D eigenvalue weighted by atomic mass is 9.75. The molecule has 2 rings (SSSR count). The molecule has 1 aromatic carbocycles. The maximum atomic E-state index is 14.0. The van der Waals surface area contributed by atoms with Gasteiger partial charge < -0.3 is 4.74 Å². The number of benzene rings is 1. The Morgan fingerprint density at radius 2 is 2.05 bits per heavy atom. The van der Waals surface area contributed by atoms with Crippen molar-refractivity contribution in [1.29, 1.82) is 0 Å². The van der Waals surface area contributed by atoms with E-state index in [0.29, 0.717) is 25.4 Å². The van der Waals surface area contributed by atoms with Gasteiger partial charge in [-0.3, -0.25) is 4.79 Å². The van der Waals surface area contributed by atoms with Crippen molar-refractivity contribution in [2.45, 2.75) is 52.1 Å². The smallest absolute Gasteiger partial charge is 0.197 e. The molecule has 1 aliphatic rings. The second-order valence-corrected chi connectivity index (χ2v) is 5.92. The topological polar surface area (TPSA) is 26.3 Å². The molecule has 0 spiro atoms. The molecule has 0 aromatic heterocycles. The lowest BCUT2D eigenvalue weighted by Crippen LogP contribution is -2.45. The average Bonchev–Trinajstić information content (AvgIpc) is 2.44. The Bertz CT molecular complexity index is 488. The number of carbonyl (C=O) groups excluding carboxylic acids is 1. The minimum absolute atomic E-state index is 0.174. The summed E-state index contributed by atoms with van der Waals surface area (Å²) >= 11 is 0. The van der Waals surface area contributed by atoms with Crippen LogP contribution >= 0.6 is 0 Å². The molecule has 0 radical (unpaired) electrons. The molecular formula is C17H23FO2. The highest BCUT2D eigenvalue weighted by atomic mass is 19.1. The molecule has 0 bridgehead atoms. The summed E-state index contributed by atoms with van der Waals surface area (Å²) in [5.74, 6) is -0.0236. The summed E-state index contributed by atoms with van der Waals surface area (Å²) in [6.07, 6.45) is 3.29. The summed E-state index contributed by atoms with van der Waals surface area (Å²) in [4.78, 5) is 12.8. The first-order valence-electron chi connectivity index (χ1n) is 7.43. The molecule has 20 heavy (non-hydrogen) atoms. The third-order valence-electron chi connectivity index (χ3n) is 4.28. The summed E-state index contributed by atoms with van der Waals surface area (Å²) in [6, 6.07) is 4.69. The fraction of sp³-hybridized carbons (Fsp3) is 0.588. The first-order valence-corrected chi connectivity index (χ1v) is 7.43. The molecule has 110 valence electrons. The van der Waals surface area contributed by atoms with E-state index in [4.69, 9.17) is 4.74 Å². The number of aryl methyl sites for hydroxylation is 1. The largest absolute Gasteiger partial charge is 0.367 e. The average molecular weight is 278 g/mol. The van der Waals surface area contributed by atoms with Gasteiger partial charge in [0.25, 0.3) is 0 Å². The van der Waals surface area contributed by atoms with Gasteiger partial charge in [-0.05, 0) is 57.6 Å². The van der Waals surface area contributed by atoms with Crippen molar-refractivity contribution in [3.8, 4) is 0 Å². The van der Waals surface area contributed by atoms with Gasteiger partial charge in [0, 0.05) is 6.61 Å². The first-order chi connectivity index (χ1) is 9.48. The van der Waals surface area contributed by atoms with Gasteiger partial charge in [-0.1, -0.05) is 18.6 Å². The van der Waals surface area contributed by atoms with Crippen LogP contribution in [0.2, 0.25) is 0 Å². The molecule has 0 aliphatic heterocycles. The standard InChI is InChI=1S/C17H23FO2/c1-4-20-17(9-7-12(2)8-10-17)16(19)14-11-13(3)5-6-15(14)18/h5-6,11-12H,4,7-10H2,1-3H3. The molecular weight excluding hydrogens is 255 g/mol. The molecule has 0 saturated heterocycles. The summed E-state index contributed by atoms with van der Waals surface area (Å²) in [6.45, 7) is 6.42. The number of carbonyl (C=O) groups is 1. The van der Waals surface area contributed by atoms with Crippen LogP contribution in [0, 0.1) is 18.7 Å². The SMILES string of the molecule is CCOC1(C(=O)c2cc(C)ccc2F)CCC(C)CC1. The third kappa shape index (κ3) is 2.93. The third-order valence-corrected chi connectivity index (χ3v) is 4.28. The molecule has 1 aromatic rings. The van der Waals surface area contributed by atoms with Crippen molar-refractivity contribution in [3.63, 3.8) is 0 Å². The summed E-state index contributed by atoms with van der Waals surface area (Å²) < 4.78 is 19.8. The highest BCUT2D eigenvalue weighted by molar-refractivity contribution is 6.03. The van der Waals surface area contributed by atoms with Gasteiger partial charge in [-0.15, -0.1) is 0 Å². The molecule has 0 N–H and O–H groups in total. The number of hydrogen-bond donors (Lipinski definition) is 0. The second-order valence-electron chi connectivity index (χ2n) is 5.92. The van der Waals surface area contributed by atoms with Crippen molar-refractivity contribution in [2.24, 2.45) is 5.92 Å². The molecule has 0 amide bonds. The van der Waals surface area contributed by atoms with E-state index >= 15 is 0 Å². The second kappa shape index (κ2) is 6.04. The van der Waals surface area contributed by atoms with Gasteiger partial charge in [0.1, 0.15) is 11.4 Å². The minimum Gasteiger partial charge on any atom is -0.367 e. The Morgan fingerprint density at radius 3 is 2.65 bits per heavy atom. The predicted molar refractivity (Wildman–Crippen MR) is 77.5 cm³/mol. The molecule has 0 unspecified atom stereocenters. The molecule has 1 saturated carbocycles. The van der Waals surface area contributed by atoms with Crippen LogP contribution in [0.1, 0.15) is 55.5 Å². The van der Waals surface area contributed by atoms with Crippen LogP contribution in [0.5, 0.6) is 0 Å². The summed E-state index contributed by atoms with van der Waals surface area (Å²) in [7, 11) is 0. The number of Topliss-reactive ketones (excluding diaryl/α,β-unsaturated/α-hetero) is 1. The van der Waals surface area contributed by atoms with E-state index < -0.39 is 11.4 Å². The van der Waals surface area contributed by atoms with E-state index in [9.17, 15) is 9.18 Å². The van der Waals surface area contributed by atoms with Gasteiger partial charge in [0.15, 0.2) is 5.78 Å². The number of hydrogen-bond acceptors (Lipinski definition) is 2. The van der Waals surface area contributed by atoms with E-state index in [1.165, 1.54) is 6.07 Å². The van der Waals surface area contributed by atoms with Crippen molar-refractivity contribution >= 4 is 5.78 Å². The van der Waals surface area contributed by atoms with Crippen molar-refractivity contribution < 1.29 is 13.9 Å². The monoisotopic (exact) mass is 278 g/mol. The normalized spacial score (nSPS) is 26.5. The lowest BCUT2D eigenvalue weighted by molar-refractivity contribution is -0.0476. The van der Waals surface area contributed by atoms with Gasteiger partial charge in [-0.25, -0.2) is 4.39 Å². The number of ketones is 1. The highest BCUT2D eigenvalue weighted by Crippen LogP contribution is 2.37. The van der Waals surface area contributed by atoms with E-state index in [1.54, 1.807) is 12.1 Å². The Labute approximate surface area is 120 Å². The van der Waals surface area contributed by atoms with Crippen LogP contribution in [-0.2, 0) is 4.74 Å². The van der Waals surface area contributed by atoms with Gasteiger partial charge in [0.05, 0.1) is 5.56 Å². The number of halogens is 1. The Morgan fingerprint density at radius 1 is 1.40 bits per heavy atom. The van der Waals surface area contributed by atoms with Crippen LogP contribution in [0.15, 0.2) is 18.2 Å². The van der Waals surface area contributed by atoms with Crippen molar-refractivity contribution in [3.05, 3.63) is 35.1 Å². The van der Waals surface area contributed by atoms with Crippen LogP contribution < -0.4 is 0 Å². The number of rotatable bonds is 4. The summed E-state index contributed by atoms with van der Waals surface area (Å²) in [5, 5.41) is 0. The Balaban J connectivity index is 2.34. The number of ether oxygens (including phenoxy) is 1. The van der Waals surface area contributed by atoms with Crippen molar-refractivity contribution in [2.75, 3.05) is 6.61 Å². The van der Waals surface area contributed by atoms with Gasteiger partial charge in [0.2, 0.25) is 0 Å². The van der Waals surface area contributed by atoms with Gasteiger partial charge >= 0.3 is 0 Å². The molecule has 3 heteroatoms. The highest BCUT2D eigenvalue weighted by Gasteiger charge is 2.43. The molecule has 0 heterocycles. The van der Waals surface area contributed by atoms with E-state index in [0.717, 1.165) is 18.4 Å². The zero-order chi connectivity index (χ0) is 14.8. The van der Waals surface area contributed by atoms with E-state index in [1.807, 2.05) is 13.8 Å². The molecule has 0 atom stereocenters. The fourth-order valence-electron chi connectivity index (χ4n) is 3.00. The maximum Gasteiger partial charge on any atom is 0.197 e. The Hall–Kier alpha value is -1.22.